The lowest BCUT2D eigenvalue weighted by molar-refractivity contribution is 0.256. The van der Waals surface area contributed by atoms with Crippen molar-refractivity contribution in [2.45, 2.75) is 6.92 Å². The highest BCUT2D eigenvalue weighted by atomic mass is 35.5. The van der Waals surface area contributed by atoms with Crippen molar-refractivity contribution in [1.82, 2.24) is 4.98 Å². The average molecular weight is 343 g/mol. The Kier molecular flexibility index (Phi) is 4.71. The van der Waals surface area contributed by atoms with Gasteiger partial charge in [-0.2, -0.15) is 0 Å². The lowest BCUT2D eigenvalue weighted by atomic mass is 10.2. The summed E-state index contributed by atoms with van der Waals surface area (Å²) >= 11 is 6.03. The molecule has 0 unspecified atom stereocenters. The third-order valence-corrected chi connectivity index (χ3v) is 4.22. The Labute approximate surface area is 146 Å². The van der Waals surface area contributed by atoms with Gasteiger partial charge in [-0.15, -0.1) is 6.58 Å². The molecule has 0 bridgehead atoms. The number of halogens is 1. The van der Waals surface area contributed by atoms with Crippen LogP contribution < -0.4 is 15.1 Å². The molecule has 0 aliphatic carbocycles. The van der Waals surface area contributed by atoms with Crippen LogP contribution in [0, 0.1) is 6.92 Å². The van der Waals surface area contributed by atoms with Crippen molar-refractivity contribution in [2.75, 3.05) is 34.8 Å². The van der Waals surface area contributed by atoms with E-state index in [9.17, 15) is 4.79 Å². The second-order valence-corrected chi connectivity index (χ2v) is 6.06. The molecule has 2 heterocycles. The number of amides is 2. The predicted molar refractivity (Wildman–Crippen MR) is 99.2 cm³/mol. The zero-order chi connectivity index (χ0) is 17.1. The molecule has 1 N–H and O–H groups in total. The number of carbonyl (C=O) groups excluding carboxylic acids is 1. The summed E-state index contributed by atoms with van der Waals surface area (Å²) in [6.45, 7) is 7.70. The molecule has 1 aliphatic heterocycles. The molecule has 0 fully saturated rings. The Balaban J connectivity index is 1.86. The normalized spacial score (nSPS) is 13.4. The molecule has 1 aliphatic rings. The lowest BCUT2D eigenvalue weighted by Gasteiger charge is -2.36. The van der Waals surface area contributed by atoms with Crippen LogP contribution >= 0.6 is 11.6 Å². The van der Waals surface area contributed by atoms with Gasteiger partial charge in [-0.25, -0.2) is 9.78 Å². The Morgan fingerprint density at radius 1 is 1.42 bits per heavy atom. The Morgan fingerprint density at radius 2 is 2.25 bits per heavy atom. The Morgan fingerprint density at radius 3 is 3.04 bits per heavy atom. The van der Waals surface area contributed by atoms with Crippen LogP contribution in [0.2, 0.25) is 5.02 Å². The molecule has 0 radical (unpaired) electrons. The second-order valence-electron chi connectivity index (χ2n) is 5.62. The zero-order valence-electron chi connectivity index (χ0n) is 13.5. The number of carbonyl (C=O) groups is 1. The van der Waals surface area contributed by atoms with Crippen molar-refractivity contribution in [3.8, 4) is 0 Å². The quantitative estimate of drug-likeness (QED) is 0.855. The first-order valence-electron chi connectivity index (χ1n) is 7.75. The average Bonchev–Trinajstić information content (AvgIpc) is 2.58. The molecule has 2 amide bonds. The molecule has 0 saturated carbocycles. The number of pyridine rings is 1. The standard InChI is InChI=1S/C18H19ClN4O/c1-3-9-22-10-11-23(16-5-4-8-20-17(16)22)18(24)21-15-12-14(19)7-6-13(15)2/h3-8,12H,1,9-11H2,2H3,(H,21,24). The van der Waals surface area contributed by atoms with Crippen LogP contribution in [0.5, 0.6) is 0 Å². The summed E-state index contributed by atoms with van der Waals surface area (Å²) in [5, 5.41) is 3.54. The van der Waals surface area contributed by atoms with E-state index in [0.29, 0.717) is 30.3 Å². The number of aromatic nitrogens is 1. The fourth-order valence-corrected chi connectivity index (χ4v) is 2.92. The molecule has 6 heteroatoms. The number of nitrogens with one attached hydrogen (secondary N) is 1. The van der Waals surface area contributed by atoms with Crippen LogP contribution in [0.25, 0.3) is 0 Å². The molecule has 2 aromatic rings. The molecule has 1 aromatic heterocycles. The van der Waals surface area contributed by atoms with Gasteiger partial charge in [0.15, 0.2) is 5.82 Å². The van der Waals surface area contributed by atoms with Crippen molar-refractivity contribution in [3.63, 3.8) is 0 Å². The predicted octanol–water partition coefficient (Wildman–Crippen LogP) is 4.09. The maximum Gasteiger partial charge on any atom is 0.326 e. The van der Waals surface area contributed by atoms with E-state index in [1.165, 1.54) is 0 Å². The SMILES string of the molecule is C=CCN1CCN(C(=O)Nc2cc(Cl)ccc2C)c2cccnc21. The van der Waals surface area contributed by atoms with E-state index in [1.54, 1.807) is 23.2 Å². The molecule has 24 heavy (non-hydrogen) atoms. The van der Waals surface area contributed by atoms with E-state index in [4.69, 9.17) is 11.6 Å². The number of benzene rings is 1. The summed E-state index contributed by atoms with van der Waals surface area (Å²) in [5.74, 6) is 0.793. The molecule has 0 saturated heterocycles. The number of hydrogen-bond donors (Lipinski definition) is 1. The first kappa shape index (κ1) is 16.3. The number of hydrogen-bond acceptors (Lipinski definition) is 3. The van der Waals surface area contributed by atoms with Gasteiger partial charge in [-0.1, -0.05) is 23.7 Å². The molecule has 5 nitrogen and oxygen atoms in total. The first-order chi connectivity index (χ1) is 11.6. The zero-order valence-corrected chi connectivity index (χ0v) is 14.3. The number of fused-ring (bicyclic) bond motifs is 1. The Bertz CT molecular complexity index is 777. The van der Waals surface area contributed by atoms with E-state index in [-0.39, 0.29) is 6.03 Å². The number of urea groups is 1. The molecule has 124 valence electrons. The molecule has 0 spiro atoms. The van der Waals surface area contributed by atoms with E-state index < -0.39 is 0 Å². The van der Waals surface area contributed by atoms with Gasteiger partial charge < -0.3 is 10.2 Å². The number of anilines is 3. The highest BCUT2D eigenvalue weighted by molar-refractivity contribution is 6.31. The largest absolute Gasteiger partial charge is 0.349 e. The third-order valence-electron chi connectivity index (χ3n) is 3.99. The third kappa shape index (κ3) is 3.21. The van der Waals surface area contributed by atoms with Crippen LogP contribution in [0.15, 0.2) is 49.2 Å². The summed E-state index contributed by atoms with van der Waals surface area (Å²) in [6, 6.07) is 9.00. The minimum Gasteiger partial charge on any atom is -0.349 e. The fourth-order valence-electron chi connectivity index (χ4n) is 2.75. The van der Waals surface area contributed by atoms with Crippen LogP contribution in [-0.2, 0) is 0 Å². The van der Waals surface area contributed by atoms with Crippen LogP contribution in [0.4, 0.5) is 22.0 Å². The first-order valence-corrected chi connectivity index (χ1v) is 8.13. The van der Waals surface area contributed by atoms with Gasteiger partial charge in [0, 0.05) is 36.5 Å². The number of nitrogens with zero attached hydrogens (tertiary/aromatic N) is 3. The van der Waals surface area contributed by atoms with Gasteiger partial charge in [0.2, 0.25) is 0 Å². The van der Waals surface area contributed by atoms with Crippen molar-refractivity contribution in [2.24, 2.45) is 0 Å². The fraction of sp³-hybridized carbons (Fsp3) is 0.222. The van der Waals surface area contributed by atoms with Gasteiger partial charge in [-0.05, 0) is 36.8 Å². The monoisotopic (exact) mass is 342 g/mol. The minimum absolute atomic E-state index is 0.187. The van der Waals surface area contributed by atoms with Gasteiger partial charge in [-0.3, -0.25) is 4.90 Å². The number of aryl methyl sites for hydroxylation is 1. The summed E-state index contributed by atoms with van der Waals surface area (Å²) in [6.07, 6.45) is 3.57. The topological polar surface area (TPSA) is 48.5 Å². The van der Waals surface area contributed by atoms with Crippen molar-refractivity contribution in [3.05, 3.63) is 59.8 Å². The van der Waals surface area contributed by atoms with Crippen LogP contribution in [0.3, 0.4) is 0 Å². The van der Waals surface area contributed by atoms with Crippen molar-refractivity contribution >= 4 is 34.8 Å². The molecule has 3 rings (SSSR count). The van der Waals surface area contributed by atoms with Gasteiger partial charge >= 0.3 is 6.03 Å². The smallest absolute Gasteiger partial charge is 0.326 e. The van der Waals surface area contributed by atoms with E-state index in [1.807, 2.05) is 31.2 Å². The molecular formula is C18H19ClN4O. The molecule has 1 aromatic carbocycles. The second kappa shape index (κ2) is 6.93. The number of rotatable bonds is 3. The summed E-state index contributed by atoms with van der Waals surface area (Å²) < 4.78 is 0. The van der Waals surface area contributed by atoms with E-state index >= 15 is 0 Å². The van der Waals surface area contributed by atoms with Crippen LogP contribution in [0.1, 0.15) is 5.56 Å². The van der Waals surface area contributed by atoms with Crippen molar-refractivity contribution < 1.29 is 4.79 Å². The van der Waals surface area contributed by atoms with Crippen LogP contribution in [-0.4, -0.2) is 30.6 Å². The Hall–Kier alpha value is -2.53. The molecular weight excluding hydrogens is 324 g/mol. The van der Waals surface area contributed by atoms with E-state index in [0.717, 1.165) is 17.1 Å². The summed E-state index contributed by atoms with van der Waals surface area (Å²) in [7, 11) is 0. The minimum atomic E-state index is -0.187. The highest BCUT2D eigenvalue weighted by Crippen LogP contribution is 2.31. The summed E-state index contributed by atoms with van der Waals surface area (Å²) in [4.78, 5) is 21.0. The summed E-state index contributed by atoms with van der Waals surface area (Å²) in [5.41, 5.74) is 2.47. The van der Waals surface area contributed by atoms with Gasteiger partial charge in [0.1, 0.15) is 0 Å². The van der Waals surface area contributed by atoms with E-state index in [2.05, 4.69) is 21.8 Å². The van der Waals surface area contributed by atoms with Gasteiger partial charge in [0.25, 0.3) is 0 Å². The van der Waals surface area contributed by atoms with Crippen molar-refractivity contribution in [1.29, 1.82) is 0 Å². The maximum atomic E-state index is 12.8. The van der Waals surface area contributed by atoms with Gasteiger partial charge in [0.05, 0.1) is 5.69 Å². The molecule has 0 atom stereocenters. The lowest BCUT2D eigenvalue weighted by Crippen LogP contribution is -2.46. The maximum absolute atomic E-state index is 12.8. The highest BCUT2D eigenvalue weighted by Gasteiger charge is 2.27.